The van der Waals surface area contributed by atoms with Crippen molar-refractivity contribution in [3.05, 3.63) is 54.1 Å². The average molecular weight is 430 g/mol. The van der Waals surface area contributed by atoms with Crippen LogP contribution in [0.1, 0.15) is 24.8 Å². The minimum atomic E-state index is -4.50. The highest BCUT2D eigenvalue weighted by Crippen LogP contribution is 2.36. The number of benzene rings is 2. The Kier molecular flexibility index (Phi) is 5.88. The van der Waals surface area contributed by atoms with Gasteiger partial charge in [0.1, 0.15) is 6.54 Å². The largest absolute Gasteiger partial charge is 0.416 e. The zero-order chi connectivity index (χ0) is 21.8. The molecule has 2 heterocycles. The van der Waals surface area contributed by atoms with Crippen LogP contribution in [0.5, 0.6) is 0 Å². The number of carbonyl (C=O) groups excluding carboxylic acids is 1. The van der Waals surface area contributed by atoms with Gasteiger partial charge in [0.2, 0.25) is 11.7 Å². The molecule has 1 aliphatic heterocycles. The first kappa shape index (κ1) is 20.8. The second kappa shape index (κ2) is 8.75. The molecule has 162 valence electrons. The quantitative estimate of drug-likeness (QED) is 0.663. The highest BCUT2D eigenvalue weighted by Gasteiger charge is 2.32. The number of nitrogens with one attached hydrogen (secondary N) is 1. The Hall–Kier alpha value is -3.43. The number of tetrazole rings is 1. The lowest BCUT2D eigenvalue weighted by Gasteiger charge is -2.31. The second-order valence-corrected chi connectivity index (χ2v) is 7.34. The topological polar surface area (TPSA) is 75.9 Å². The third-order valence-corrected chi connectivity index (χ3v) is 5.06. The summed E-state index contributed by atoms with van der Waals surface area (Å²) in [5, 5.41) is 14.6. The lowest BCUT2D eigenvalue weighted by Crippen LogP contribution is -2.31. The smallest absolute Gasteiger partial charge is 0.370 e. The molecule has 1 N–H and O–H groups in total. The Morgan fingerprint density at radius 2 is 1.77 bits per heavy atom. The van der Waals surface area contributed by atoms with E-state index in [9.17, 15) is 18.0 Å². The third-order valence-electron chi connectivity index (χ3n) is 5.06. The van der Waals surface area contributed by atoms with Crippen molar-refractivity contribution >= 4 is 17.3 Å². The Bertz CT molecular complexity index is 1040. The number of halogens is 3. The van der Waals surface area contributed by atoms with E-state index >= 15 is 0 Å². The number of amides is 1. The van der Waals surface area contributed by atoms with Crippen LogP contribution in [0, 0.1) is 0 Å². The summed E-state index contributed by atoms with van der Waals surface area (Å²) >= 11 is 0. The van der Waals surface area contributed by atoms with Gasteiger partial charge in [-0.3, -0.25) is 4.79 Å². The highest BCUT2D eigenvalue weighted by molar-refractivity contribution is 5.94. The van der Waals surface area contributed by atoms with Gasteiger partial charge in [-0.15, -0.1) is 10.2 Å². The van der Waals surface area contributed by atoms with E-state index in [1.54, 1.807) is 0 Å². The van der Waals surface area contributed by atoms with Gasteiger partial charge in [-0.2, -0.15) is 18.0 Å². The van der Waals surface area contributed by atoms with Crippen molar-refractivity contribution in [1.82, 2.24) is 20.2 Å². The summed E-state index contributed by atoms with van der Waals surface area (Å²) < 4.78 is 39.7. The standard InChI is InChI=1S/C21H21F3N6O/c22-21(23,24)16-9-10-18(29-11-5-2-6-12-29)17(13-16)25-19(31)14-30-27-20(26-28-30)15-7-3-1-4-8-15/h1,3-4,7-10,13H,2,5-6,11-12,14H2,(H,25,31). The van der Waals surface area contributed by atoms with Crippen LogP contribution in [0.4, 0.5) is 24.5 Å². The number of hydrogen-bond donors (Lipinski definition) is 1. The fourth-order valence-electron chi connectivity index (χ4n) is 3.55. The van der Waals surface area contributed by atoms with E-state index in [0.29, 0.717) is 11.5 Å². The zero-order valence-electron chi connectivity index (χ0n) is 16.6. The summed E-state index contributed by atoms with van der Waals surface area (Å²) in [6.45, 7) is 1.20. The van der Waals surface area contributed by atoms with Crippen LogP contribution in [0.2, 0.25) is 0 Å². The molecule has 1 fully saturated rings. The van der Waals surface area contributed by atoms with Gasteiger partial charge in [0.05, 0.1) is 16.9 Å². The molecule has 0 unspecified atom stereocenters. The van der Waals surface area contributed by atoms with Crippen molar-refractivity contribution in [3.63, 3.8) is 0 Å². The Morgan fingerprint density at radius 1 is 1.03 bits per heavy atom. The van der Waals surface area contributed by atoms with Gasteiger partial charge >= 0.3 is 6.18 Å². The van der Waals surface area contributed by atoms with Crippen LogP contribution >= 0.6 is 0 Å². The number of piperidine rings is 1. The maximum atomic E-state index is 13.2. The van der Waals surface area contributed by atoms with Gasteiger partial charge < -0.3 is 10.2 Å². The molecule has 0 saturated carbocycles. The fourth-order valence-corrected chi connectivity index (χ4v) is 3.55. The summed E-state index contributed by atoms with van der Waals surface area (Å²) in [7, 11) is 0. The van der Waals surface area contributed by atoms with Crippen LogP contribution in [0.3, 0.4) is 0 Å². The number of rotatable bonds is 5. The molecular weight excluding hydrogens is 409 g/mol. The molecule has 0 bridgehead atoms. The molecule has 0 spiro atoms. The second-order valence-electron chi connectivity index (χ2n) is 7.34. The molecule has 7 nitrogen and oxygen atoms in total. The molecule has 0 aliphatic carbocycles. The molecule has 0 atom stereocenters. The van der Waals surface area contributed by atoms with Gasteiger partial charge in [0.25, 0.3) is 0 Å². The molecule has 31 heavy (non-hydrogen) atoms. The first-order chi connectivity index (χ1) is 14.9. The minimum Gasteiger partial charge on any atom is -0.370 e. The predicted octanol–water partition coefficient (Wildman–Crippen LogP) is 3.99. The number of hydrogen-bond acceptors (Lipinski definition) is 5. The molecule has 1 aromatic heterocycles. The fraction of sp³-hybridized carbons (Fsp3) is 0.333. The van der Waals surface area contributed by atoms with E-state index in [1.165, 1.54) is 6.07 Å². The lowest BCUT2D eigenvalue weighted by molar-refractivity contribution is -0.137. The summed E-state index contributed by atoms with van der Waals surface area (Å²) in [6.07, 6.45) is -1.50. The molecule has 2 aromatic carbocycles. The molecule has 1 saturated heterocycles. The zero-order valence-corrected chi connectivity index (χ0v) is 16.6. The van der Waals surface area contributed by atoms with E-state index < -0.39 is 17.6 Å². The molecule has 3 aromatic rings. The number of nitrogens with zero attached hydrogens (tertiary/aromatic N) is 5. The minimum absolute atomic E-state index is 0.130. The molecule has 1 aliphatic rings. The van der Waals surface area contributed by atoms with Crippen molar-refractivity contribution in [1.29, 1.82) is 0 Å². The van der Waals surface area contributed by atoms with Gasteiger partial charge in [-0.1, -0.05) is 30.3 Å². The van der Waals surface area contributed by atoms with E-state index in [-0.39, 0.29) is 12.2 Å². The average Bonchev–Trinajstić information content (AvgIpc) is 3.22. The summed E-state index contributed by atoms with van der Waals surface area (Å²) in [5.74, 6) is -0.170. The SMILES string of the molecule is O=C(Cn1nnc(-c2ccccc2)n1)Nc1cc(C(F)(F)F)ccc1N1CCCCC1. The monoisotopic (exact) mass is 430 g/mol. The van der Waals surface area contributed by atoms with Gasteiger partial charge in [0.15, 0.2) is 0 Å². The normalized spacial score (nSPS) is 14.5. The summed E-state index contributed by atoms with van der Waals surface area (Å²) in [4.78, 5) is 15.7. The van der Waals surface area contributed by atoms with Gasteiger partial charge in [0, 0.05) is 18.7 Å². The van der Waals surface area contributed by atoms with Crippen LogP contribution in [0.25, 0.3) is 11.4 Å². The Labute approximate surface area is 176 Å². The van der Waals surface area contributed by atoms with Crippen molar-refractivity contribution in [2.75, 3.05) is 23.3 Å². The molecule has 10 heteroatoms. The van der Waals surface area contributed by atoms with Crippen LogP contribution < -0.4 is 10.2 Å². The van der Waals surface area contributed by atoms with Gasteiger partial charge in [-0.05, 0) is 42.7 Å². The van der Waals surface area contributed by atoms with Crippen LogP contribution in [-0.2, 0) is 17.5 Å². The molecule has 1 amide bonds. The molecule has 4 rings (SSSR count). The van der Waals surface area contributed by atoms with Crippen LogP contribution in [0.15, 0.2) is 48.5 Å². The Balaban J connectivity index is 1.53. The summed E-state index contributed by atoms with van der Waals surface area (Å²) in [5.41, 5.74) is 0.649. The number of aromatic nitrogens is 4. The van der Waals surface area contributed by atoms with Crippen molar-refractivity contribution in [3.8, 4) is 11.4 Å². The highest BCUT2D eigenvalue weighted by atomic mass is 19.4. The summed E-state index contributed by atoms with van der Waals surface area (Å²) in [6, 6.07) is 12.6. The van der Waals surface area contributed by atoms with Crippen LogP contribution in [-0.4, -0.2) is 39.2 Å². The third kappa shape index (κ3) is 5.01. The number of carbonyl (C=O) groups is 1. The first-order valence-electron chi connectivity index (χ1n) is 9.99. The van der Waals surface area contributed by atoms with Gasteiger partial charge in [-0.25, -0.2) is 0 Å². The number of alkyl halides is 3. The van der Waals surface area contributed by atoms with E-state index in [0.717, 1.165) is 54.8 Å². The Morgan fingerprint density at radius 3 is 2.48 bits per heavy atom. The predicted molar refractivity (Wildman–Crippen MR) is 109 cm³/mol. The molecule has 0 radical (unpaired) electrons. The van der Waals surface area contributed by atoms with Crippen molar-refractivity contribution in [2.45, 2.75) is 32.0 Å². The first-order valence-corrected chi connectivity index (χ1v) is 9.99. The van der Waals surface area contributed by atoms with E-state index in [1.807, 2.05) is 35.2 Å². The van der Waals surface area contributed by atoms with Crippen molar-refractivity contribution < 1.29 is 18.0 Å². The molecular formula is C21H21F3N6O. The van der Waals surface area contributed by atoms with Crippen molar-refractivity contribution in [2.24, 2.45) is 0 Å². The van der Waals surface area contributed by atoms with E-state index in [4.69, 9.17) is 0 Å². The maximum Gasteiger partial charge on any atom is 0.416 e. The number of anilines is 2. The lowest BCUT2D eigenvalue weighted by atomic mass is 10.1. The maximum absolute atomic E-state index is 13.2. The van der Waals surface area contributed by atoms with E-state index in [2.05, 4.69) is 20.7 Å².